The molecule has 1 aromatic heterocycles. The molecular weight excluding hydrogens is 496 g/mol. The van der Waals surface area contributed by atoms with Crippen LogP contribution in [-0.2, 0) is 15.4 Å². The molecular formula is C27H34N2O7S. The third-order valence-corrected chi connectivity index (χ3v) is 7.16. The number of esters is 1. The standard InChI is InChI=1S/C27H34N2O7S/c1-8-33-21-16-19(17-22(34-9-2)23(21)35-10-3)26(30)36-25-24(18(4)28-29(25)27(5,6)7)37(31,32)20-14-12-11-13-15-20/h11-17H,8-10H2,1-7H3. The van der Waals surface area contributed by atoms with Gasteiger partial charge in [-0.2, -0.15) is 5.10 Å². The molecule has 0 bridgehead atoms. The van der Waals surface area contributed by atoms with Gasteiger partial charge in [0.15, 0.2) is 16.4 Å². The van der Waals surface area contributed by atoms with Crippen molar-refractivity contribution in [1.29, 1.82) is 0 Å². The molecule has 0 radical (unpaired) electrons. The minimum Gasteiger partial charge on any atom is -0.490 e. The average molecular weight is 531 g/mol. The van der Waals surface area contributed by atoms with E-state index in [-0.39, 0.29) is 26.9 Å². The van der Waals surface area contributed by atoms with Crippen molar-refractivity contribution < 1.29 is 32.2 Å². The van der Waals surface area contributed by atoms with E-state index in [4.69, 9.17) is 18.9 Å². The number of aromatic nitrogens is 2. The molecule has 9 nitrogen and oxygen atoms in total. The molecule has 0 atom stereocenters. The Morgan fingerprint density at radius 3 is 1.95 bits per heavy atom. The molecule has 200 valence electrons. The van der Waals surface area contributed by atoms with E-state index in [1.54, 1.807) is 25.1 Å². The van der Waals surface area contributed by atoms with Crippen LogP contribution in [0.4, 0.5) is 0 Å². The van der Waals surface area contributed by atoms with Crippen molar-refractivity contribution in [2.24, 2.45) is 0 Å². The highest BCUT2D eigenvalue weighted by Crippen LogP contribution is 2.40. The molecule has 1 heterocycles. The molecule has 37 heavy (non-hydrogen) atoms. The summed E-state index contributed by atoms with van der Waals surface area (Å²) in [5, 5.41) is 4.44. The van der Waals surface area contributed by atoms with Crippen LogP contribution in [0.25, 0.3) is 0 Å². The number of rotatable bonds is 10. The lowest BCUT2D eigenvalue weighted by Crippen LogP contribution is -2.26. The number of benzene rings is 2. The highest BCUT2D eigenvalue weighted by Gasteiger charge is 2.35. The van der Waals surface area contributed by atoms with Crippen LogP contribution in [0.1, 0.15) is 57.6 Å². The summed E-state index contributed by atoms with van der Waals surface area (Å²) in [6.45, 7) is 13.6. The lowest BCUT2D eigenvalue weighted by Gasteiger charge is -2.22. The van der Waals surface area contributed by atoms with E-state index >= 15 is 0 Å². The van der Waals surface area contributed by atoms with E-state index in [2.05, 4.69) is 5.10 Å². The third kappa shape index (κ3) is 5.90. The molecule has 0 aliphatic carbocycles. The summed E-state index contributed by atoms with van der Waals surface area (Å²) in [4.78, 5) is 13.4. The van der Waals surface area contributed by atoms with Gasteiger partial charge in [0, 0.05) is 0 Å². The molecule has 0 unspecified atom stereocenters. The van der Waals surface area contributed by atoms with Crippen LogP contribution in [0.15, 0.2) is 52.3 Å². The SMILES string of the molecule is CCOc1cc(C(=O)Oc2c(S(=O)(=O)c3ccccc3)c(C)nn2C(C)(C)C)cc(OCC)c1OCC. The molecule has 0 spiro atoms. The summed E-state index contributed by atoms with van der Waals surface area (Å²) in [5.41, 5.74) is -0.354. The van der Waals surface area contributed by atoms with Crippen LogP contribution in [0.5, 0.6) is 23.1 Å². The lowest BCUT2D eigenvalue weighted by atomic mass is 10.1. The molecule has 3 aromatic rings. The molecule has 0 saturated carbocycles. The average Bonchev–Trinajstić information content (AvgIpc) is 3.18. The summed E-state index contributed by atoms with van der Waals surface area (Å²) in [6, 6.07) is 11.0. The normalized spacial score (nSPS) is 11.8. The van der Waals surface area contributed by atoms with E-state index in [9.17, 15) is 13.2 Å². The van der Waals surface area contributed by atoms with Gasteiger partial charge in [0.1, 0.15) is 0 Å². The Morgan fingerprint density at radius 1 is 0.919 bits per heavy atom. The summed E-state index contributed by atoms with van der Waals surface area (Å²) in [6.07, 6.45) is 0. The Labute approximate surface area is 218 Å². The first-order chi connectivity index (χ1) is 17.4. The molecule has 3 rings (SSSR count). The first-order valence-corrected chi connectivity index (χ1v) is 13.6. The number of ether oxygens (including phenoxy) is 4. The summed E-state index contributed by atoms with van der Waals surface area (Å²) in [5.74, 6) is 0.0639. The largest absolute Gasteiger partial charge is 0.490 e. The molecule has 10 heteroatoms. The zero-order valence-electron chi connectivity index (χ0n) is 22.3. The smallest absolute Gasteiger partial charge is 0.345 e. The second-order valence-electron chi connectivity index (χ2n) is 9.11. The molecule has 0 aliphatic rings. The van der Waals surface area contributed by atoms with Gasteiger partial charge in [-0.1, -0.05) is 18.2 Å². The summed E-state index contributed by atoms with van der Waals surface area (Å²) in [7, 11) is -4.05. The van der Waals surface area contributed by atoms with Crippen LogP contribution >= 0.6 is 0 Å². The molecule has 2 aromatic carbocycles. The number of carbonyl (C=O) groups excluding carboxylic acids is 1. The van der Waals surface area contributed by atoms with Crippen molar-refractivity contribution in [3.8, 4) is 23.1 Å². The monoisotopic (exact) mass is 530 g/mol. The number of hydrogen-bond acceptors (Lipinski definition) is 8. The first kappa shape index (κ1) is 28.0. The Balaban J connectivity index is 2.17. The van der Waals surface area contributed by atoms with Gasteiger partial charge in [-0.25, -0.2) is 17.9 Å². The Bertz CT molecular complexity index is 1330. The molecule has 0 fully saturated rings. The minimum absolute atomic E-state index is 0.0715. The van der Waals surface area contributed by atoms with Crippen molar-refractivity contribution >= 4 is 15.8 Å². The summed E-state index contributed by atoms with van der Waals surface area (Å²) < 4.78 is 51.6. The van der Waals surface area contributed by atoms with E-state index in [0.29, 0.717) is 37.1 Å². The van der Waals surface area contributed by atoms with Crippen molar-refractivity contribution in [2.75, 3.05) is 19.8 Å². The van der Waals surface area contributed by atoms with Crippen LogP contribution in [-0.4, -0.2) is 44.0 Å². The number of carbonyl (C=O) groups is 1. The first-order valence-electron chi connectivity index (χ1n) is 12.1. The predicted molar refractivity (Wildman–Crippen MR) is 139 cm³/mol. The second kappa shape index (κ2) is 11.2. The topological polar surface area (TPSA) is 106 Å². The molecule has 0 amide bonds. The molecule has 0 aliphatic heterocycles. The maximum Gasteiger partial charge on any atom is 0.345 e. The minimum atomic E-state index is -4.05. The van der Waals surface area contributed by atoms with Gasteiger partial charge in [-0.3, -0.25) is 0 Å². The van der Waals surface area contributed by atoms with E-state index in [1.807, 2.05) is 41.5 Å². The van der Waals surface area contributed by atoms with E-state index in [0.717, 1.165) is 0 Å². The zero-order valence-corrected chi connectivity index (χ0v) is 23.1. The lowest BCUT2D eigenvalue weighted by molar-refractivity contribution is 0.0702. The highest BCUT2D eigenvalue weighted by atomic mass is 32.2. The van der Waals surface area contributed by atoms with Gasteiger partial charge in [-0.15, -0.1) is 0 Å². The van der Waals surface area contributed by atoms with E-state index < -0.39 is 21.3 Å². The zero-order chi connectivity index (χ0) is 27.4. The maximum atomic E-state index is 13.6. The van der Waals surface area contributed by atoms with Gasteiger partial charge < -0.3 is 18.9 Å². The van der Waals surface area contributed by atoms with Gasteiger partial charge in [0.2, 0.25) is 21.5 Å². The predicted octanol–water partition coefficient (Wildman–Crippen LogP) is 5.19. The highest BCUT2D eigenvalue weighted by molar-refractivity contribution is 7.91. The van der Waals surface area contributed by atoms with Crippen molar-refractivity contribution in [3.63, 3.8) is 0 Å². The summed E-state index contributed by atoms with van der Waals surface area (Å²) >= 11 is 0. The fourth-order valence-corrected chi connectivity index (χ4v) is 5.26. The van der Waals surface area contributed by atoms with Crippen molar-refractivity contribution in [3.05, 3.63) is 53.7 Å². The quantitative estimate of drug-likeness (QED) is 0.330. The Morgan fingerprint density at radius 2 is 1.46 bits per heavy atom. The second-order valence-corrected chi connectivity index (χ2v) is 11.0. The van der Waals surface area contributed by atoms with Crippen LogP contribution in [0.3, 0.4) is 0 Å². The Hall–Kier alpha value is -3.53. The Kier molecular flexibility index (Phi) is 8.53. The molecule has 0 saturated heterocycles. The van der Waals surface area contributed by atoms with Crippen molar-refractivity contribution in [1.82, 2.24) is 9.78 Å². The number of aryl methyl sites for hydroxylation is 1. The van der Waals surface area contributed by atoms with Crippen molar-refractivity contribution in [2.45, 2.75) is 63.8 Å². The van der Waals surface area contributed by atoms with E-state index in [1.165, 1.54) is 28.9 Å². The fraction of sp³-hybridized carbons (Fsp3) is 0.407. The third-order valence-electron chi connectivity index (χ3n) is 5.26. The van der Waals surface area contributed by atoms with Gasteiger partial charge >= 0.3 is 5.97 Å². The van der Waals surface area contributed by atoms with Gasteiger partial charge in [0.05, 0.1) is 41.5 Å². The molecule has 0 N–H and O–H groups in total. The van der Waals surface area contributed by atoms with Crippen LogP contribution in [0, 0.1) is 6.92 Å². The van der Waals surface area contributed by atoms with Gasteiger partial charge in [-0.05, 0) is 72.7 Å². The van der Waals surface area contributed by atoms with Gasteiger partial charge in [0.25, 0.3) is 0 Å². The van der Waals surface area contributed by atoms with Crippen LogP contribution < -0.4 is 18.9 Å². The number of sulfone groups is 1. The maximum absolute atomic E-state index is 13.6. The number of hydrogen-bond donors (Lipinski definition) is 0. The van der Waals surface area contributed by atoms with Crippen LogP contribution in [0.2, 0.25) is 0 Å². The number of nitrogens with zero attached hydrogens (tertiary/aromatic N) is 2. The fourth-order valence-electron chi connectivity index (χ4n) is 3.72.